The van der Waals surface area contributed by atoms with Gasteiger partial charge in [0.15, 0.2) is 5.82 Å². The van der Waals surface area contributed by atoms with Gasteiger partial charge in [0.1, 0.15) is 0 Å². The summed E-state index contributed by atoms with van der Waals surface area (Å²) >= 11 is 6.00. The summed E-state index contributed by atoms with van der Waals surface area (Å²) in [6.07, 6.45) is 2.67. The van der Waals surface area contributed by atoms with Crippen LogP contribution in [0.3, 0.4) is 0 Å². The van der Waals surface area contributed by atoms with E-state index in [2.05, 4.69) is 22.0 Å². The highest BCUT2D eigenvalue weighted by Crippen LogP contribution is 2.17. The smallest absolute Gasteiger partial charge is 0.160 e. The zero-order chi connectivity index (χ0) is 12.3. The number of aryl methyl sites for hydroxylation is 1. The van der Waals surface area contributed by atoms with Gasteiger partial charge in [0, 0.05) is 5.02 Å². The Balaban J connectivity index is 2.29. The Kier molecular flexibility index (Phi) is 3.54. The van der Waals surface area contributed by atoms with Crippen molar-refractivity contribution in [3.63, 3.8) is 0 Å². The third kappa shape index (κ3) is 2.91. The van der Waals surface area contributed by atoms with E-state index in [4.69, 9.17) is 11.6 Å². The topological polar surface area (TPSA) is 43.6 Å². The first-order valence-corrected chi connectivity index (χ1v) is 5.69. The summed E-state index contributed by atoms with van der Waals surface area (Å²) in [5.74, 6) is 0.664. The summed E-state index contributed by atoms with van der Waals surface area (Å²) in [4.78, 5) is 1.56. The minimum Gasteiger partial charge on any atom is -0.160 e. The highest BCUT2D eigenvalue weighted by molar-refractivity contribution is 6.30. The third-order valence-corrected chi connectivity index (χ3v) is 2.63. The Morgan fingerprint density at radius 1 is 1.41 bits per heavy atom. The van der Waals surface area contributed by atoms with E-state index in [1.807, 2.05) is 31.2 Å². The number of aromatic nitrogens is 4. The predicted molar refractivity (Wildman–Crippen MR) is 67.0 cm³/mol. The molecule has 1 aromatic heterocycles. The van der Waals surface area contributed by atoms with E-state index in [9.17, 15) is 0 Å². The molecule has 4 nitrogen and oxygen atoms in total. The lowest BCUT2D eigenvalue weighted by Gasteiger charge is -2.07. The standard InChI is InChI=1S/C12H13ClN4/c1-3-4-10-5-6-12(13)7-11(10)8-17-15-9(2)14-16-17/h3,5-7H,1,4,8H2,2H3. The lowest BCUT2D eigenvalue weighted by atomic mass is 10.0. The van der Waals surface area contributed by atoms with Crippen LogP contribution in [0.1, 0.15) is 17.0 Å². The maximum Gasteiger partial charge on any atom is 0.171 e. The fourth-order valence-corrected chi connectivity index (χ4v) is 1.83. The molecule has 0 radical (unpaired) electrons. The summed E-state index contributed by atoms with van der Waals surface area (Å²) in [7, 11) is 0. The van der Waals surface area contributed by atoms with Gasteiger partial charge in [0.05, 0.1) is 6.54 Å². The molecule has 1 heterocycles. The van der Waals surface area contributed by atoms with E-state index in [1.165, 1.54) is 5.56 Å². The Labute approximate surface area is 105 Å². The zero-order valence-electron chi connectivity index (χ0n) is 9.60. The first-order chi connectivity index (χ1) is 8.19. The molecule has 0 spiro atoms. The Morgan fingerprint density at radius 2 is 2.24 bits per heavy atom. The second-order valence-electron chi connectivity index (χ2n) is 3.77. The van der Waals surface area contributed by atoms with Crippen molar-refractivity contribution < 1.29 is 0 Å². The molecule has 0 aliphatic heterocycles. The fourth-order valence-electron chi connectivity index (χ4n) is 1.64. The van der Waals surface area contributed by atoms with Gasteiger partial charge in [-0.3, -0.25) is 0 Å². The lowest BCUT2D eigenvalue weighted by molar-refractivity contribution is 0.569. The van der Waals surface area contributed by atoms with Crippen LogP contribution >= 0.6 is 11.6 Å². The highest BCUT2D eigenvalue weighted by Gasteiger charge is 2.05. The van der Waals surface area contributed by atoms with E-state index >= 15 is 0 Å². The molecule has 0 bridgehead atoms. The van der Waals surface area contributed by atoms with Crippen LogP contribution in [0.15, 0.2) is 30.9 Å². The van der Waals surface area contributed by atoms with Crippen molar-refractivity contribution in [2.75, 3.05) is 0 Å². The summed E-state index contributed by atoms with van der Waals surface area (Å²) in [6, 6.07) is 5.81. The van der Waals surface area contributed by atoms with Crippen LogP contribution in [0.25, 0.3) is 0 Å². The molecular weight excluding hydrogens is 236 g/mol. The lowest BCUT2D eigenvalue weighted by Crippen LogP contribution is -2.06. The minimum atomic E-state index is 0.574. The van der Waals surface area contributed by atoms with Gasteiger partial charge in [0.2, 0.25) is 0 Å². The van der Waals surface area contributed by atoms with Crippen molar-refractivity contribution in [1.29, 1.82) is 0 Å². The van der Waals surface area contributed by atoms with E-state index in [1.54, 1.807) is 4.80 Å². The van der Waals surface area contributed by atoms with E-state index in [0.29, 0.717) is 17.4 Å². The number of halogens is 1. The van der Waals surface area contributed by atoms with Crippen molar-refractivity contribution in [3.8, 4) is 0 Å². The number of benzene rings is 1. The van der Waals surface area contributed by atoms with Crippen LogP contribution in [0.5, 0.6) is 0 Å². The quantitative estimate of drug-likeness (QED) is 0.781. The maximum absolute atomic E-state index is 6.00. The Hall–Kier alpha value is -1.68. The SMILES string of the molecule is C=CCc1ccc(Cl)cc1Cn1nnc(C)n1. The molecule has 0 fully saturated rings. The Bertz CT molecular complexity index is 533. The second-order valence-corrected chi connectivity index (χ2v) is 4.21. The van der Waals surface area contributed by atoms with Gasteiger partial charge in [-0.2, -0.15) is 4.80 Å². The van der Waals surface area contributed by atoms with Gasteiger partial charge in [-0.15, -0.1) is 16.8 Å². The molecule has 0 N–H and O–H groups in total. The summed E-state index contributed by atoms with van der Waals surface area (Å²) in [5, 5.41) is 12.7. The van der Waals surface area contributed by atoms with Gasteiger partial charge in [-0.1, -0.05) is 23.7 Å². The van der Waals surface area contributed by atoms with Gasteiger partial charge >= 0.3 is 0 Å². The zero-order valence-corrected chi connectivity index (χ0v) is 10.4. The van der Waals surface area contributed by atoms with Crippen LogP contribution in [0.4, 0.5) is 0 Å². The van der Waals surface area contributed by atoms with Crippen molar-refractivity contribution in [2.45, 2.75) is 19.9 Å². The minimum absolute atomic E-state index is 0.574. The van der Waals surface area contributed by atoms with Crippen LogP contribution in [0, 0.1) is 6.92 Å². The Morgan fingerprint density at radius 3 is 2.88 bits per heavy atom. The van der Waals surface area contributed by atoms with Gasteiger partial charge in [0.25, 0.3) is 0 Å². The monoisotopic (exact) mass is 248 g/mol. The molecule has 88 valence electrons. The summed E-state index contributed by atoms with van der Waals surface area (Å²) < 4.78 is 0. The normalized spacial score (nSPS) is 10.5. The molecule has 2 rings (SSSR count). The molecule has 0 atom stereocenters. The predicted octanol–water partition coefficient (Wildman–Crippen LogP) is 2.41. The number of rotatable bonds is 4. The number of allylic oxidation sites excluding steroid dienone is 1. The first-order valence-electron chi connectivity index (χ1n) is 5.31. The van der Waals surface area contributed by atoms with Gasteiger partial charge in [-0.25, -0.2) is 0 Å². The molecule has 17 heavy (non-hydrogen) atoms. The average Bonchev–Trinajstić information content (AvgIpc) is 2.68. The molecule has 2 aromatic rings. The molecule has 5 heteroatoms. The average molecular weight is 249 g/mol. The molecule has 0 aliphatic carbocycles. The second kappa shape index (κ2) is 5.10. The van der Waals surface area contributed by atoms with Crippen molar-refractivity contribution in [1.82, 2.24) is 20.2 Å². The third-order valence-electron chi connectivity index (χ3n) is 2.40. The van der Waals surface area contributed by atoms with E-state index in [0.717, 1.165) is 12.0 Å². The molecule has 0 unspecified atom stereocenters. The van der Waals surface area contributed by atoms with Crippen molar-refractivity contribution in [2.24, 2.45) is 0 Å². The number of nitrogens with zero attached hydrogens (tertiary/aromatic N) is 4. The van der Waals surface area contributed by atoms with Crippen molar-refractivity contribution in [3.05, 3.63) is 52.8 Å². The van der Waals surface area contributed by atoms with Crippen LogP contribution in [-0.2, 0) is 13.0 Å². The van der Waals surface area contributed by atoms with Crippen molar-refractivity contribution >= 4 is 11.6 Å². The van der Waals surface area contributed by atoms with E-state index in [-0.39, 0.29) is 0 Å². The fraction of sp³-hybridized carbons (Fsp3) is 0.250. The molecule has 0 saturated carbocycles. The van der Waals surface area contributed by atoms with Crippen LogP contribution < -0.4 is 0 Å². The number of tetrazole rings is 1. The highest BCUT2D eigenvalue weighted by atomic mass is 35.5. The molecule has 0 aliphatic rings. The first kappa shape index (κ1) is 11.8. The molecular formula is C12H13ClN4. The van der Waals surface area contributed by atoms with E-state index < -0.39 is 0 Å². The molecule has 1 aromatic carbocycles. The number of hydrogen-bond acceptors (Lipinski definition) is 3. The number of hydrogen-bond donors (Lipinski definition) is 0. The van der Waals surface area contributed by atoms with Crippen LogP contribution in [0.2, 0.25) is 5.02 Å². The van der Waals surface area contributed by atoms with Gasteiger partial charge in [-0.05, 0) is 41.8 Å². The largest absolute Gasteiger partial charge is 0.171 e. The summed E-state index contributed by atoms with van der Waals surface area (Å²) in [5.41, 5.74) is 2.27. The van der Waals surface area contributed by atoms with Gasteiger partial charge < -0.3 is 0 Å². The maximum atomic E-state index is 6.00. The molecule has 0 amide bonds. The molecule has 0 saturated heterocycles. The van der Waals surface area contributed by atoms with Crippen LogP contribution in [-0.4, -0.2) is 20.2 Å². The summed E-state index contributed by atoms with van der Waals surface area (Å²) in [6.45, 7) is 6.13.